The Morgan fingerprint density at radius 2 is 1.94 bits per heavy atom. The molecular weight excluding hydrogens is 392 g/mol. The zero-order valence-electron chi connectivity index (χ0n) is 17.6. The maximum Gasteiger partial charge on any atom is 0.227 e. The highest BCUT2D eigenvalue weighted by atomic mass is 16.5. The Morgan fingerprint density at radius 1 is 1.13 bits per heavy atom. The van der Waals surface area contributed by atoms with Crippen molar-refractivity contribution in [2.24, 2.45) is 0 Å². The third-order valence-corrected chi connectivity index (χ3v) is 6.01. The van der Waals surface area contributed by atoms with Crippen molar-refractivity contribution in [3.05, 3.63) is 54.2 Å². The van der Waals surface area contributed by atoms with E-state index >= 15 is 0 Å². The first-order valence-corrected chi connectivity index (χ1v) is 10.9. The molecule has 0 atom stereocenters. The number of amides is 1. The van der Waals surface area contributed by atoms with Crippen LogP contribution in [0.2, 0.25) is 0 Å². The van der Waals surface area contributed by atoms with Crippen LogP contribution in [-0.2, 0) is 22.5 Å². The summed E-state index contributed by atoms with van der Waals surface area (Å²) in [6.07, 6.45) is 2.55. The Labute approximate surface area is 180 Å². The quantitative estimate of drug-likeness (QED) is 0.492. The molecule has 1 amide bonds. The van der Waals surface area contributed by atoms with Crippen molar-refractivity contribution in [2.75, 3.05) is 18.5 Å². The van der Waals surface area contributed by atoms with Gasteiger partial charge in [0.25, 0.3) is 0 Å². The molecule has 31 heavy (non-hydrogen) atoms. The number of anilines is 1. The molecular formula is C24H26N4O3. The van der Waals surface area contributed by atoms with Crippen LogP contribution < -0.4 is 5.32 Å². The van der Waals surface area contributed by atoms with Gasteiger partial charge in [0.15, 0.2) is 5.82 Å². The lowest BCUT2D eigenvalue weighted by Gasteiger charge is -2.18. The molecule has 2 aromatic heterocycles. The maximum absolute atomic E-state index is 12.5. The number of carbonyl (C=O) groups excluding carboxylic acids is 1. The molecule has 0 saturated carbocycles. The molecule has 7 nitrogen and oxygen atoms in total. The number of nitrogens with one attached hydrogen (secondary N) is 1. The van der Waals surface area contributed by atoms with E-state index in [1.165, 1.54) is 16.4 Å². The summed E-state index contributed by atoms with van der Waals surface area (Å²) in [7, 11) is 0. The van der Waals surface area contributed by atoms with Crippen molar-refractivity contribution in [3.63, 3.8) is 0 Å². The molecule has 7 heteroatoms. The van der Waals surface area contributed by atoms with Crippen molar-refractivity contribution < 1.29 is 14.1 Å². The van der Waals surface area contributed by atoms with Gasteiger partial charge in [0.05, 0.1) is 0 Å². The fourth-order valence-electron chi connectivity index (χ4n) is 4.41. The van der Waals surface area contributed by atoms with E-state index in [0.29, 0.717) is 18.7 Å². The molecule has 1 saturated heterocycles. The van der Waals surface area contributed by atoms with Gasteiger partial charge in [0.2, 0.25) is 11.8 Å². The number of rotatable bonds is 6. The fraction of sp³-hybridized carbons (Fsp3) is 0.375. The number of aryl methyl sites for hydroxylation is 2. The van der Waals surface area contributed by atoms with Crippen molar-refractivity contribution >= 4 is 33.4 Å². The average Bonchev–Trinajstić information content (AvgIpc) is 3.41. The van der Waals surface area contributed by atoms with Gasteiger partial charge in [-0.05, 0) is 44.0 Å². The Kier molecular flexibility index (Phi) is 5.42. The third-order valence-electron chi connectivity index (χ3n) is 6.01. The summed E-state index contributed by atoms with van der Waals surface area (Å²) >= 11 is 0. The van der Waals surface area contributed by atoms with Crippen molar-refractivity contribution in [1.82, 2.24) is 14.7 Å². The standard InChI is InChI=1S/C24H26N4O3/c1-2-28-20-6-4-3-5-18(20)19-15-17(7-8-21(19)28)25-22(29)9-10-23-26-24(27-31-23)16-11-13-30-14-12-16/h3-8,15-16H,2,9-14H2,1H3,(H,25,29). The first-order valence-electron chi connectivity index (χ1n) is 10.9. The molecule has 160 valence electrons. The molecule has 0 bridgehead atoms. The van der Waals surface area contributed by atoms with Crippen LogP contribution in [0.15, 0.2) is 47.0 Å². The number of hydrogen-bond donors (Lipinski definition) is 1. The van der Waals surface area contributed by atoms with Crippen LogP contribution in [0.1, 0.15) is 43.8 Å². The Balaban J connectivity index is 1.26. The summed E-state index contributed by atoms with van der Waals surface area (Å²) in [5.41, 5.74) is 3.18. The van der Waals surface area contributed by atoms with E-state index in [1.54, 1.807) is 0 Å². The van der Waals surface area contributed by atoms with Gasteiger partial charge in [0.1, 0.15) is 0 Å². The van der Waals surface area contributed by atoms with Crippen molar-refractivity contribution in [3.8, 4) is 0 Å². The molecule has 0 radical (unpaired) electrons. The van der Waals surface area contributed by atoms with Crippen LogP contribution in [0.3, 0.4) is 0 Å². The van der Waals surface area contributed by atoms with E-state index < -0.39 is 0 Å². The summed E-state index contributed by atoms with van der Waals surface area (Å²) in [5, 5.41) is 9.45. The van der Waals surface area contributed by atoms with Crippen LogP contribution in [0.5, 0.6) is 0 Å². The molecule has 4 aromatic rings. The van der Waals surface area contributed by atoms with Crippen molar-refractivity contribution in [2.45, 2.75) is 45.1 Å². The number of nitrogens with zero attached hydrogens (tertiary/aromatic N) is 3. The highest BCUT2D eigenvalue weighted by Gasteiger charge is 2.21. The van der Waals surface area contributed by atoms with Gasteiger partial charge >= 0.3 is 0 Å². The number of aromatic nitrogens is 3. The molecule has 0 unspecified atom stereocenters. The van der Waals surface area contributed by atoms with Gasteiger partial charge in [-0.1, -0.05) is 23.4 Å². The molecule has 3 heterocycles. The molecule has 1 aliphatic rings. The second kappa shape index (κ2) is 8.51. The normalized spacial score (nSPS) is 15.0. The first-order chi connectivity index (χ1) is 15.2. The number of fused-ring (bicyclic) bond motifs is 3. The zero-order chi connectivity index (χ0) is 21.2. The smallest absolute Gasteiger partial charge is 0.227 e. The average molecular weight is 418 g/mol. The van der Waals surface area contributed by atoms with E-state index in [2.05, 4.69) is 57.3 Å². The van der Waals surface area contributed by atoms with Crippen LogP contribution in [0, 0.1) is 0 Å². The summed E-state index contributed by atoms with van der Waals surface area (Å²) in [5.74, 6) is 1.47. The van der Waals surface area contributed by atoms with E-state index in [1.807, 2.05) is 12.1 Å². The van der Waals surface area contributed by atoms with Gasteiger partial charge in [-0.2, -0.15) is 4.98 Å². The van der Waals surface area contributed by atoms with E-state index in [0.717, 1.165) is 49.5 Å². The lowest BCUT2D eigenvalue weighted by atomic mass is 10.00. The second-order valence-electron chi connectivity index (χ2n) is 7.97. The lowest BCUT2D eigenvalue weighted by Crippen LogP contribution is -2.15. The van der Waals surface area contributed by atoms with Gasteiger partial charge in [-0.3, -0.25) is 4.79 Å². The number of carbonyl (C=O) groups is 1. The number of ether oxygens (including phenoxy) is 1. The minimum Gasteiger partial charge on any atom is -0.381 e. The predicted molar refractivity (Wildman–Crippen MR) is 119 cm³/mol. The Morgan fingerprint density at radius 3 is 2.77 bits per heavy atom. The highest BCUT2D eigenvalue weighted by Crippen LogP contribution is 2.31. The summed E-state index contributed by atoms with van der Waals surface area (Å²) < 4.78 is 13.0. The van der Waals surface area contributed by atoms with Gasteiger partial charge in [-0.25, -0.2) is 0 Å². The van der Waals surface area contributed by atoms with Crippen LogP contribution >= 0.6 is 0 Å². The van der Waals surface area contributed by atoms with Gasteiger partial charge < -0.3 is 19.1 Å². The SMILES string of the molecule is CCn1c2ccccc2c2cc(NC(=O)CCc3nc(C4CCOCC4)no3)ccc21. The monoisotopic (exact) mass is 418 g/mol. The minimum absolute atomic E-state index is 0.0654. The first kappa shape index (κ1) is 19.8. The fourth-order valence-corrected chi connectivity index (χ4v) is 4.41. The van der Waals surface area contributed by atoms with Crippen LogP contribution in [-0.4, -0.2) is 33.8 Å². The largest absolute Gasteiger partial charge is 0.381 e. The van der Waals surface area contributed by atoms with Crippen LogP contribution in [0.4, 0.5) is 5.69 Å². The molecule has 0 spiro atoms. The number of benzene rings is 2. The topological polar surface area (TPSA) is 82.2 Å². The van der Waals surface area contributed by atoms with E-state index in [4.69, 9.17) is 9.26 Å². The van der Waals surface area contributed by atoms with E-state index in [-0.39, 0.29) is 11.8 Å². The van der Waals surface area contributed by atoms with Crippen molar-refractivity contribution in [1.29, 1.82) is 0 Å². The third kappa shape index (κ3) is 3.93. The predicted octanol–water partition coefficient (Wildman–Crippen LogP) is 4.66. The summed E-state index contributed by atoms with van der Waals surface area (Å²) in [6.45, 7) is 4.51. The Hall–Kier alpha value is -3.19. The lowest BCUT2D eigenvalue weighted by molar-refractivity contribution is -0.116. The van der Waals surface area contributed by atoms with Gasteiger partial charge in [0, 0.05) is 66.0 Å². The molecule has 1 N–H and O–H groups in total. The molecule has 5 rings (SSSR count). The molecule has 2 aromatic carbocycles. The second-order valence-corrected chi connectivity index (χ2v) is 7.97. The number of hydrogen-bond acceptors (Lipinski definition) is 5. The van der Waals surface area contributed by atoms with Crippen LogP contribution in [0.25, 0.3) is 21.8 Å². The molecule has 1 fully saturated rings. The zero-order valence-corrected chi connectivity index (χ0v) is 17.6. The molecule has 1 aliphatic heterocycles. The Bertz CT molecular complexity index is 1220. The highest BCUT2D eigenvalue weighted by molar-refractivity contribution is 6.09. The summed E-state index contributed by atoms with van der Waals surface area (Å²) in [6, 6.07) is 14.5. The molecule has 0 aliphatic carbocycles. The van der Waals surface area contributed by atoms with Gasteiger partial charge in [-0.15, -0.1) is 0 Å². The number of para-hydroxylation sites is 1. The van der Waals surface area contributed by atoms with E-state index in [9.17, 15) is 4.79 Å². The summed E-state index contributed by atoms with van der Waals surface area (Å²) in [4.78, 5) is 17.0. The minimum atomic E-state index is -0.0654. The maximum atomic E-state index is 12.5.